The topological polar surface area (TPSA) is 50.4 Å². The Balaban J connectivity index is 0.00000192. The third-order valence-electron chi connectivity index (χ3n) is 3.86. The van der Waals surface area contributed by atoms with Crippen molar-refractivity contribution in [1.82, 2.24) is 10.6 Å². The quantitative estimate of drug-likeness (QED) is 0.887. The van der Waals surface area contributed by atoms with Crippen molar-refractivity contribution < 1.29 is 9.53 Å². The van der Waals surface area contributed by atoms with E-state index in [1.54, 1.807) is 7.11 Å². The molecule has 3 rings (SSSR count). The van der Waals surface area contributed by atoms with Crippen molar-refractivity contribution in [2.24, 2.45) is 0 Å². The van der Waals surface area contributed by atoms with Crippen LogP contribution in [0.5, 0.6) is 5.75 Å². The lowest BCUT2D eigenvalue weighted by atomic mass is 10.1. The largest absolute Gasteiger partial charge is 0.495 e. The van der Waals surface area contributed by atoms with E-state index in [1.807, 2.05) is 36.4 Å². The van der Waals surface area contributed by atoms with Gasteiger partial charge in [-0.3, -0.25) is 4.79 Å². The van der Waals surface area contributed by atoms with Gasteiger partial charge in [0.2, 0.25) is 0 Å². The molecule has 1 aromatic carbocycles. The summed E-state index contributed by atoms with van der Waals surface area (Å²) in [5, 5.41) is 6.43. The molecule has 1 aliphatic heterocycles. The van der Waals surface area contributed by atoms with Gasteiger partial charge in [0.1, 0.15) is 10.6 Å². The number of rotatable bonds is 4. The summed E-state index contributed by atoms with van der Waals surface area (Å²) in [7, 11) is 1.61. The number of carbonyl (C=O) groups excluding carboxylic acids is 1. The number of piperidine rings is 1. The first-order chi connectivity index (χ1) is 10.8. The van der Waals surface area contributed by atoms with Crippen LogP contribution in [0.2, 0.25) is 0 Å². The highest BCUT2D eigenvalue weighted by atomic mass is 35.5. The maximum atomic E-state index is 12.5. The van der Waals surface area contributed by atoms with Gasteiger partial charge in [-0.2, -0.15) is 0 Å². The maximum Gasteiger partial charge on any atom is 0.265 e. The van der Waals surface area contributed by atoms with Gasteiger partial charge >= 0.3 is 0 Å². The first-order valence-corrected chi connectivity index (χ1v) is 8.34. The second-order valence-corrected chi connectivity index (χ2v) is 6.42. The van der Waals surface area contributed by atoms with E-state index in [4.69, 9.17) is 4.74 Å². The normalized spacial score (nSPS) is 14.8. The molecule has 0 unspecified atom stereocenters. The van der Waals surface area contributed by atoms with Crippen LogP contribution >= 0.6 is 23.7 Å². The number of ether oxygens (including phenoxy) is 1. The Kier molecular flexibility index (Phi) is 6.45. The summed E-state index contributed by atoms with van der Waals surface area (Å²) in [5.41, 5.74) is 1.10. The summed E-state index contributed by atoms with van der Waals surface area (Å²) < 4.78 is 5.40. The van der Waals surface area contributed by atoms with Gasteiger partial charge in [-0.05, 0) is 37.6 Å². The first kappa shape index (κ1) is 17.8. The van der Waals surface area contributed by atoms with E-state index >= 15 is 0 Å². The van der Waals surface area contributed by atoms with Gasteiger partial charge in [0.05, 0.1) is 7.11 Å². The molecule has 0 atom stereocenters. The second kappa shape index (κ2) is 8.34. The van der Waals surface area contributed by atoms with Gasteiger partial charge in [0.25, 0.3) is 5.91 Å². The minimum Gasteiger partial charge on any atom is -0.495 e. The van der Waals surface area contributed by atoms with E-state index in [0.29, 0.717) is 10.6 Å². The van der Waals surface area contributed by atoms with Crippen LogP contribution in [-0.2, 0) is 0 Å². The molecule has 0 aliphatic carbocycles. The summed E-state index contributed by atoms with van der Waals surface area (Å²) in [6.45, 7) is 1.92. The Hall–Kier alpha value is -1.56. The van der Waals surface area contributed by atoms with Gasteiger partial charge in [-0.15, -0.1) is 23.7 Å². The zero-order valence-corrected chi connectivity index (χ0v) is 14.6. The first-order valence-electron chi connectivity index (χ1n) is 7.53. The number of methoxy groups -OCH3 is 1. The highest BCUT2D eigenvalue weighted by Gasteiger charge is 2.21. The SMILES string of the molecule is COc1cc(-c2ccccc2)sc1C(=O)NC1CCNCC1.Cl. The fourth-order valence-electron chi connectivity index (χ4n) is 2.65. The Morgan fingerprint density at radius 2 is 1.96 bits per heavy atom. The molecule has 2 N–H and O–H groups in total. The highest BCUT2D eigenvalue weighted by molar-refractivity contribution is 7.17. The molecule has 1 amide bonds. The van der Waals surface area contributed by atoms with E-state index in [1.165, 1.54) is 11.3 Å². The summed E-state index contributed by atoms with van der Waals surface area (Å²) in [6.07, 6.45) is 1.95. The fraction of sp³-hybridized carbons (Fsp3) is 0.353. The summed E-state index contributed by atoms with van der Waals surface area (Å²) in [6, 6.07) is 12.3. The molecule has 0 spiro atoms. The molecular formula is C17H21ClN2O2S. The second-order valence-electron chi connectivity index (χ2n) is 5.37. The molecule has 4 nitrogen and oxygen atoms in total. The van der Waals surface area contributed by atoms with Gasteiger partial charge in [0.15, 0.2) is 0 Å². The maximum absolute atomic E-state index is 12.5. The van der Waals surface area contributed by atoms with E-state index in [-0.39, 0.29) is 24.4 Å². The van der Waals surface area contributed by atoms with Crippen LogP contribution in [0.1, 0.15) is 22.5 Å². The average Bonchev–Trinajstić information content (AvgIpc) is 3.01. The molecule has 124 valence electrons. The number of thiophene rings is 1. The van der Waals surface area contributed by atoms with E-state index < -0.39 is 0 Å². The van der Waals surface area contributed by atoms with Crippen LogP contribution in [-0.4, -0.2) is 32.1 Å². The molecule has 1 aromatic heterocycles. The van der Waals surface area contributed by atoms with Crippen LogP contribution in [0.15, 0.2) is 36.4 Å². The molecule has 2 heterocycles. The standard InChI is InChI=1S/C17H20N2O2S.ClH/c1-21-14-11-15(12-5-3-2-4-6-12)22-16(14)17(20)19-13-7-9-18-10-8-13;/h2-6,11,13,18H,7-10H2,1H3,(H,19,20);1H. The van der Waals surface area contributed by atoms with Crippen molar-refractivity contribution >= 4 is 29.7 Å². The zero-order valence-electron chi connectivity index (χ0n) is 13.0. The predicted octanol–water partition coefficient (Wildman–Crippen LogP) is 3.33. The average molecular weight is 353 g/mol. The number of halogens is 1. The predicted molar refractivity (Wildman–Crippen MR) is 96.9 cm³/mol. The molecule has 1 saturated heterocycles. The third kappa shape index (κ3) is 4.25. The molecular weight excluding hydrogens is 332 g/mol. The van der Waals surface area contributed by atoms with Crippen LogP contribution in [0.4, 0.5) is 0 Å². The van der Waals surface area contributed by atoms with Crippen LogP contribution in [0.25, 0.3) is 10.4 Å². The third-order valence-corrected chi connectivity index (χ3v) is 5.02. The molecule has 0 radical (unpaired) electrons. The van der Waals surface area contributed by atoms with Crippen LogP contribution in [0, 0.1) is 0 Å². The number of amides is 1. The molecule has 6 heteroatoms. The minimum atomic E-state index is -0.0315. The van der Waals surface area contributed by atoms with Crippen LogP contribution < -0.4 is 15.4 Å². The number of benzene rings is 1. The number of hydrogen-bond acceptors (Lipinski definition) is 4. The van der Waals surface area contributed by atoms with E-state index in [9.17, 15) is 4.79 Å². The molecule has 2 aromatic rings. The van der Waals surface area contributed by atoms with Gasteiger partial charge in [-0.25, -0.2) is 0 Å². The Morgan fingerprint density at radius 3 is 2.61 bits per heavy atom. The van der Waals surface area contributed by atoms with Crippen molar-refractivity contribution in [3.05, 3.63) is 41.3 Å². The number of carbonyl (C=O) groups is 1. The van der Waals surface area contributed by atoms with E-state index in [0.717, 1.165) is 36.4 Å². The Labute approximate surface area is 146 Å². The van der Waals surface area contributed by atoms with Gasteiger partial charge < -0.3 is 15.4 Å². The Morgan fingerprint density at radius 1 is 1.26 bits per heavy atom. The summed E-state index contributed by atoms with van der Waals surface area (Å²) in [5.74, 6) is 0.617. The Bertz CT molecular complexity index is 639. The summed E-state index contributed by atoms with van der Waals surface area (Å²) in [4.78, 5) is 14.2. The molecule has 0 saturated carbocycles. The van der Waals surface area contributed by atoms with Gasteiger partial charge in [-0.1, -0.05) is 30.3 Å². The molecule has 1 aliphatic rings. The van der Waals surface area contributed by atoms with Crippen molar-refractivity contribution in [2.75, 3.05) is 20.2 Å². The molecule has 1 fully saturated rings. The zero-order chi connectivity index (χ0) is 15.4. The highest BCUT2D eigenvalue weighted by Crippen LogP contribution is 2.36. The fourth-order valence-corrected chi connectivity index (χ4v) is 3.68. The van der Waals surface area contributed by atoms with Crippen molar-refractivity contribution in [3.8, 4) is 16.2 Å². The lowest BCUT2D eigenvalue weighted by Gasteiger charge is -2.23. The number of hydrogen-bond donors (Lipinski definition) is 2. The van der Waals surface area contributed by atoms with Crippen molar-refractivity contribution in [1.29, 1.82) is 0 Å². The van der Waals surface area contributed by atoms with Gasteiger partial charge in [0, 0.05) is 10.9 Å². The summed E-state index contributed by atoms with van der Waals surface area (Å²) >= 11 is 1.48. The van der Waals surface area contributed by atoms with Crippen molar-refractivity contribution in [3.63, 3.8) is 0 Å². The monoisotopic (exact) mass is 352 g/mol. The van der Waals surface area contributed by atoms with Crippen molar-refractivity contribution in [2.45, 2.75) is 18.9 Å². The number of nitrogens with one attached hydrogen (secondary N) is 2. The lowest BCUT2D eigenvalue weighted by Crippen LogP contribution is -2.42. The lowest BCUT2D eigenvalue weighted by molar-refractivity contribution is 0.0931. The van der Waals surface area contributed by atoms with Crippen LogP contribution in [0.3, 0.4) is 0 Å². The molecule has 23 heavy (non-hydrogen) atoms. The van der Waals surface area contributed by atoms with E-state index in [2.05, 4.69) is 10.6 Å². The molecule has 0 bridgehead atoms. The minimum absolute atomic E-state index is 0. The smallest absolute Gasteiger partial charge is 0.265 e.